The van der Waals surface area contributed by atoms with Gasteiger partial charge in [0.25, 0.3) is 0 Å². The molecule has 0 aliphatic carbocycles. The first-order valence-corrected chi connectivity index (χ1v) is 9.15. The summed E-state index contributed by atoms with van der Waals surface area (Å²) in [6, 6.07) is 17.1. The van der Waals surface area contributed by atoms with E-state index in [0.717, 1.165) is 53.2 Å². The Labute approximate surface area is 153 Å². The summed E-state index contributed by atoms with van der Waals surface area (Å²) in [5.74, 6) is 0. The summed E-state index contributed by atoms with van der Waals surface area (Å²) < 4.78 is 0. The summed E-state index contributed by atoms with van der Waals surface area (Å²) in [5, 5.41) is 5.56. The number of benzene rings is 2. The van der Waals surface area contributed by atoms with Gasteiger partial charge < -0.3 is 5.32 Å². The molecule has 1 atom stereocenters. The molecule has 0 saturated carbocycles. The second-order valence-corrected chi connectivity index (χ2v) is 7.21. The average Bonchev–Trinajstić information content (AvgIpc) is 3.06. The summed E-state index contributed by atoms with van der Waals surface area (Å²) in [6.45, 7) is 5.19. The van der Waals surface area contributed by atoms with Crippen LogP contribution in [0.15, 0.2) is 54.7 Å². The fourth-order valence-electron chi connectivity index (χ4n) is 3.67. The van der Waals surface area contributed by atoms with Crippen LogP contribution in [0.1, 0.15) is 17.5 Å². The van der Waals surface area contributed by atoms with E-state index in [2.05, 4.69) is 58.5 Å². The maximum absolute atomic E-state index is 6.55. The van der Waals surface area contributed by atoms with E-state index in [1.165, 1.54) is 5.56 Å². The Bertz CT molecular complexity index is 879. The number of aryl methyl sites for hydroxylation is 1. The number of anilines is 1. The lowest BCUT2D eigenvalue weighted by atomic mass is 10.1. The highest BCUT2D eigenvalue weighted by molar-refractivity contribution is 6.35. The van der Waals surface area contributed by atoms with Crippen molar-refractivity contribution in [1.82, 2.24) is 9.88 Å². The van der Waals surface area contributed by atoms with Crippen LogP contribution in [0.2, 0.25) is 5.02 Å². The molecule has 1 aliphatic heterocycles. The van der Waals surface area contributed by atoms with E-state index in [1.54, 1.807) is 0 Å². The maximum atomic E-state index is 6.55. The molecule has 3 aromatic rings. The molecule has 0 amide bonds. The highest BCUT2D eigenvalue weighted by Crippen LogP contribution is 2.34. The van der Waals surface area contributed by atoms with Crippen molar-refractivity contribution in [3.63, 3.8) is 0 Å². The van der Waals surface area contributed by atoms with Crippen LogP contribution in [0.3, 0.4) is 0 Å². The highest BCUT2D eigenvalue weighted by Gasteiger charge is 2.23. The van der Waals surface area contributed by atoms with Crippen molar-refractivity contribution >= 4 is 28.2 Å². The minimum absolute atomic E-state index is 0.410. The molecule has 2 heterocycles. The van der Waals surface area contributed by atoms with Gasteiger partial charge in [0, 0.05) is 37.3 Å². The fourth-order valence-corrected chi connectivity index (χ4v) is 3.99. The highest BCUT2D eigenvalue weighted by atomic mass is 35.5. The number of aromatic nitrogens is 1. The van der Waals surface area contributed by atoms with Crippen LogP contribution < -0.4 is 5.32 Å². The Morgan fingerprint density at radius 2 is 2.04 bits per heavy atom. The Kier molecular flexibility index (Phi) is 4.60. The van der Waals surface area contributed by atoms with Crippen LogP contribution in [-0.4, -0.2) is 29.0 Å². The lowest BCUT2D eigenvalue weighted by Crippen LogP contribution is -2.26. The van der Waals surface area contributed by atoms with E-state index in [4.69, 9.17) is 11.6 Å². The van der Waals surface area contributed by atoms with Gasteiger partial charge in [0.1, 0.15) is 0 Å². The van der Waals surface area contributed by atoms with Gasteiger partial charge in [-0.15, -0.1) is 0 Å². The Morgan fingerprint density at radius 1 is 1.20 bits per heavy atom. The monoisotopic (exact) mass is 351 g/mol. The second-order valence-electron chi connectivity index (χ2n) is 6.80. The molecule has 4 heteroatoms. The quantitative estimate of drug-likeness (QED) is 0.725. The molecular weight excluding hydrogens is 330 g/mol. The van der Waals surface area contributed by atoms with Gasteiger partial charge in [-0.25, -0.2) is 0 Å². The number of pyridine rings is 1. The zero-order valence-corrected chi connectivity index (χ0v) is 15.1. The molecule has 1 saturated heterocycles. The molecule has 3 nitrogen and oxygen atoms in total. The molecule has 25 heavy (non-hydrogen) atoms. The van der Waals surface area contributed by atoms with Crippen LogP contribution >= 0.6 is 11.6 Å². The molecule has 1 N–H and O–H groups in total. The maximum Gasteiger partial charge on any atom is 0.0752 e. The van der Waals surface area contributed by atoms with Gasteiger partial charge in [-0.1, -0.05) is 41.9 Å². The van der Waals surface area contributed by atoms with Crippen LogP contribution in [0.25, 0.3) is 10.9 Å². The van der Waals surface area contributed by atoms with Gasteiger partial charge in [-0.2, -0.15) is 0 Å². The standard InChI is InChI=1S/C21H22ClN3/c1-15-12-19(22)21(18-8-5-10-23-20(15)18)24-17-9-11-25(14-17)13-16-6-3-2-4-7-16/h2-8,10,12,17,24H,9,11,13-14H2,1H3. The van der Waals surface area contributed by atoms with Crippen molar-refractivity contribution in [2.45, 2.75) is 25.9 Å². The molecule has 128 valence electrons. The van der Waals surface area contributed by atoms with E-state index in [-0.39, 0.29) is 0 Å². The lowest BCUT2D eigenvalue weighted by molar-refractivity contribution is 0.328. The molecular formula is C21H22ClN3. The van der Waals surface area contributed by atoms with Crippen molar-refractivity contribution in [3.8, 4) is 0 Å². The third kappa shape index (κ3) is 3.48. The third-order valence-corrected chi connectivity index (χ3v) is 5.20. The number of rotatable bonds is 4. The predicted octanol–water partition coefficient (Wildman–Crippen LogP) is 4.88. The van der Waals surface area contributed by atoms with Gasteiger partial charge in [0.05, 0.1) is 16.2 Å². The summed E-state index contributed by atoms with van der Waals surface area (Å²) in [5.41, 5.74) is 4.52. The van der Waals surface area contributed by atoms with Gasteiger partial charge in [-0.05, 0) is 42.7 Å². The first-order chi connectivity index (χ1) is 12.2. The number of halogens is 1. The lowest BCUT2D eigenvalue weighted by Gasteiger charge is -2.19. The number of hydrogen-bond donors (Lipinski definition) is 1. The fraction of sp³-hybridized carbons (Fsp3) is 0.286. The summed E-state index contributed by atoms with van der Waals surface area (Å²) in [6.07, 6.45) is 2.96. The Hall–Kier alpha value is -2.10. The first kappa shape index (κ1) is 16.4. The predicted molar refractivity (Wildman–Crippen MR) is 105 cm³/mol. The van der Waals surface area contributed by atoms with Crippen LogP contribution in [0.5, 0.6) is 0 Å². The Morgan fingerprint density at radius 3 is 2.88 bits per heavy atom. The Balaban J connectivity index is 1.51. The zero-order chi connectivity index (χ0) is 17.2. The zero-order valence-electron chi connectivity index (χ0n) is 14.4. The van der Waals surface area contributed by atoms with E-state index >= 15 is 0 Å². The second kappa shape index (κ2) is 7.03. The normalized spacial score (nSPS) is 17.9. The number of likely N-dealkylation sites (tertiary alicyclic amines) is 1. The minimum Gasteiger partial charge on any atom is -0.379 e. The molecule has 2 aromatic carbocycles. The summed E-state index contributed by atoms with van der Waals surface area (Å²) in [7, 11) is 0. The van der Waals surface area contributed by atoms with Crippen LogP contribution in [0.4, 0.5) is 5.69 Å². The molecule has 0 spiro atoms. The molecule has 1 aromatic heterocycles. The number of hydrogen-bond acceptors (Lipinski definition) is 3. The van der Waals surface area contributed by atoms with Gasteiger partial charge >= 0.3 is 0 Å². The third-order valence-electron chi connectivity index (χ3n) is 4.90. The first-order valence-electron chi connectivity index (χ1n) is 8.77. The van der Waals surface area contributed by atoms with E-state index in [9.17, 15) is 0 Å². The van der Waals surface area contributed by atoms with Gasteiger partial charge in [0.15, 0.2) is 0 Å². The number of nitrogens with zero attached hydrogens (tertiary/aromatic N) is 2. The van der Waals surface area contributed by atoms with Crippen LogP contribution in [-0.2, 0) is 6.54 Å². The van der Waals surface area contributed by atoms with Crippen LogP contribution in [0, 0.1) is 6.92 Å². The molecule has 4 rings (SSSR count). The molecule has 1 unspecified atom stereocenters. The summed E-state index contributed by atoms with van der Waals surface area (Å²) in [4.78, 5) is 7.01. The number of fused-ring (bicyclic) bond motifs is 1. The molecule has 0 bridgehead atoms. The van der Waals surface area contributed by atoms with E-state index < -0.39 is 0 Å². The smallest absolute Gasteiger partial charge is 0.0752 e. The van der Waals surface area contributed by atoms with E-state index in [1.807, 2.05) is 18.3 Å². The van der Waals surface area contributed by atoms with Crippen molar-refractivity contribution in [3.05, 3.63) is 70.9 Å². The topological polar surface area (TPSA) is 28.2 Å². The summed E-state index contributed by atoms with van der Waals surface area (Å²) >= 11 is 6.55. The SMILES string of the molecule is Cc1cc(Cl)c(NC2CCN(Cc3ccccc3)C2)c2cccnc12. The molecule has 0 radical (unpaired) electrons. The minimum atomic E-state index is 0.410. The molecule has 1 fully saturated rings. The van der Waals surface area contributed by atoms with E-state index in [0.29, 0.717) is 6.04 Å². The number of nitrogens with one attached hydrogen (secondary N) is 1. The average molecular weight is 352 g/mol. The van der Waals surface area contributed by atoms with Crippen molar-refractivity contribution in [2.75, 3.05) is 18.4 Å². The molecule has 1 aliphatic rings. The van der Waals surface area contributed by atoms with Crippen molar-refractivity contribution in [2.24, 2.45) is 0 Å². The van der Waals surface area contributed by atoms with Crippen molar-refractivity contribution < 1.29 is 0 Å². The van der Waals surface area contributed by atoms with Gasteiger partial charge in [-0.3, -0.25) is 9.88 Å². The van der Waals surface area contributed by atoms with Gasteiger partial charge in [0.2, 0.25) is 0 Å². The van der Waals surface area contributed by atoms with Crippen molar-refractivity contribution in [1.29, 1.82) is 0 Å². The largest absolute Gasteiger partial charge is 0.379 e.